The second-order valence-electron chi connectivity index (χ2n) is 7.15. The van der Waals surface area contributed by atoms with E-state index in [-0.39, 0.29) is 5.91 Å². The number of pyridine rings is 1. The van der Waals surface area contributed by atoms with Crippen molar-refractivity contribution in [3.8, 4) is 0 Å². The normalized spacial score (nSPS) is 10.8. The number of para-hydroxylation sites is 1. The van der Waals surface area contributed by atoms with E-state index in [4.69, 9.17) is 0 Å². The maximum absolute atomic E-state index is 13.1. The Morgan fingerprint density at radius 2 is 1.86 bits per heavy atom. The van der Waals surface area contributed by atoms with E-state index in [1.165, 1.54) is 5.56 Å². The fraction of sp³-hybridized carbons (Fsp3) is 0.348. The Bertz CT molecular complexity index is 855. The summed E-state index contributed by atoms with van der Waals surface area (Å²) in [5.41, 5.74) is 4.51. The highest BCUT2D eigenvalue weighted by molar-refractivity contribution is 5.94. The summed E-state index contributed by atoms with van der Waals surface area (Å²) in [5.74, 6) is 0.187. The molecule has 146 valence electrons. The smallest absolute Gasteiger partial charge is 0.227 e. The van der Waals surface area contributed by atoms with Crippen molar-refractivity contribution in [2.24, 2.45) is 0 Å². The molecule has 3 rings (SSSR count). The van der Waals surface area contributed by atoms with Crippen LogP contribution in [0.15, 0.2) is 61.4 Å². The lowest BCUT2D eigenvalue weighted by atomic mass is 10.1. The van der Waals surface area contributed by atoms with Crippen molar-refractivity contribution in [2.45, 2.75) is 46.1 Å². The summed E-state index contributed by atoms with van der Waals surface area (Å²) in [5, 5.41) is 0. The summed E-state index contributed by atoms with van der Waals surface area (Å²) < 4.78 is 2.05. The molecule has 0 saturated carbocycles. The van der Waals surface area contributed by atoms with Gasteiger partial charge in [0.15, 0.2) is 0 Å². The van der Waals surface area contributed by atoms with Crippen molar-refractivity contribution in [2.75, 3.05) is 11.4 Å². The zero-order valence-electron chi connectivity index (χ0n) is 16.7. The number of hydrogen-bond donors (Lipinski definition) is 0. The topological polar surface area (TPSA) is 51.0 Å². The average molecular weight is 377 g/mol. The zero-order chi connectivity index (χ0) is 19.8. The van der Waals surface area contributed by atoms with E-state index in [2.05, 4.69) is 46.6 Å². The first kappa shape index (κ1) is 19.8. The number of amides is 1. The van der Waals surface area contributed by atoms with E-state index in [1.54, 1.807) is 12.4 Å². The molecule has 0 spiro atoms. The number of carbonyl (C=O) groups is 1. The largest absolute Gasteiger partial charge is 0.337 e. The second kappa shape index (κ2) is 9.83. The minimum absolute atomic E-state index is 0.187. The van der Waals surface area contributed by atoms with Gasteiger partial charge in [0.25, 0.3) is 0 Å². The molecule has 28 heavy (non-hydrogen) atoms. The van der Waals surface area contributed by atoms with E-state index in [1.807, 2.05) is 35.8 Å². The van der Waals surface area contributed by atoms with Crippen LogP contribution in [0.4, 0.5) is 5.69 Å². The van der Waals surface area contributed by atoms with Gasteiger partial charge in [-0.1, -0.05) is 24.3 Å². The quantitative estimate of drug-likeness (QED) is 0.558. The number of hydrogen-bond acceptors (Lipinski definition) is 3. The monoisotopic (exact) mass is 376 g/mol. The van der Waals surface area contributed by atoms with E-state index in [0.29, 0.717) is 13.0 Å². The Morgan fingerprint density at radius 3 is 2.54 bits per heavy atom. The lowest BCUT2D eigenvalue weighted by Crippen LogP contribution is -2.33. The Balaban J connectivity index is 1.66. The Kier molecular flexibility index (Phi) is 6.95. The minimum atomic E-state index is 0.187. The van der Waals surface area contributed by atoms with Crippen molar-refractivity contribution >= 4 is 11.6 Å². The van der Waals surface area contributed by atoms with Crippen LogP contribution in [0, 0.1) is 13.8 Å². The number of carbonyl (C=O) groups excluding carboxylic acids is 1. The molecule has 0 fully saturated rings. The van der Waals surface area contributed by atoms with Crippen molar-refractivity contribution in [3.63, 3.8) is 0 Å². The highest BCUT2D eigenvalue weighted by Crippen LogP contribution is 2.26. The van der Waals surface area contributed by atoms with Crippen LogP contribution in [0.25, 0.3) is 0 Å². The van der Waals surface area contributed by atoms with Crippen LogP contribution < -0.4 is 4.90 Å². The summed E-state index contributed by atoms with van der Waals surface area (Å²) in [6.07, 6.45) is 12.3. The van der Waals surface area contributed by atoms with Gasteiger partial charge in [0.1, 0.15) is 0 Å². The maximum Gasteiger partial charge on any atom is 0.227 e. The third-order valence-electron chi connectivity index (χ3n) is 4.95. The van der Waals surface area contributed by atoms with Crippen LogP contribution in [0.1, 0.15) is 36.0 Å². The molecule has 0 radical (unpaired) electrons. The fourth-order valence-electron chi connectivity index (χ4n) is 3.55. The molecule has 0 bridgehead atoms. The Hall–Kier alpha value is -2.95. The summed E-state index contributed by atoms with van der Waals surface area (Å²) in [4.78, 5) is 23.3. The summed E-state index contributed by atoms with van der Waals surface area (Å²) in [7, 11) is 0. The molecule has 0 aliphatic rings. The molecule has 0 atom stereocenters. The number of rotatable bonds is 9. The molecule has 1 amide bonds. The van der Waals surface area contributed by atoms with E-state index in [9.17, 15) is 4.79 Å². The van der Waals surface area contributed by atoms with Gasteiger partial charge in [-0.15, -0.1) is 0 Å². The van der Waals surface area contributed by atoms with Crippen LogP contribution in [0.3, 0.4) is 0 Å². The van der Waals surface area contributed by atoms with Gasteiger partial charge < -0.3 is 9.47 Å². The van der Waals surface area contributed by atoms with Crippen LogP contribution in [0.5, 0.6) is 0 Å². The first-order chi connectivity index (χ1) is 13.6. The Morgan fingerprint density at radius 1 is 1.04 bits per heavy atom. The van der Waals surface area contributed by atoms with Gasteiger partial charge in [0.2, 0.25) is 5.91 Å². The fourth-order valence-corrected chi connectivity index (χ4v) is 3.55. The molecule has 0 aliphatic heterocycles. The van der Waals surface area contributed by atoms with Gasteiger partial charge in [-0.25, -0.2) is 4.98 Å². The van der Waals surface area contributed by atoms with E-state index >= 15 is 0 Å². The van der Waals surface area contributed by atoms with Gasteiger partial charge >= 0.3 is 0 Å². The summed E-state index contributed by atoms with van der Waals surface area (Å²) in [6, 6.07) is 10.2. The van der Waals surface area contributed by atoms with Crippen molar-refractivity contribution in [1.29, 1.82) is 0 Å². The molecule has 0 saturated heterocycles. The number of imidazole rings is 1. The molecular formula is C23H28N4O. The van der Waals surface area contributed by atoms with E-state index < -0.39 is 0 Å². The highest BCUT2D eigenvalue weighted by Gasteiger charge is 2.19. The first-order valence-corrected chi connectivity index (χ1v) is 9.86. The average Bonchev–Trinajstić information content (AvgIpc) is 3.21. The summed E-state index contributed by atoms with van der Waals surface area (Å²) in [6.45, 7) is 5.71. The third kappa shape index (κ3) is 5.28. The van der Waals surface area contributed by atoms with Crippen molar-refractivity contribution < 1.29 is 4.79 Å². The molecule has 1 aromatic carbocycles. The number of anilines is 1. The number of nitrogens with zero attached hydrogens (tertiary/aromatic N) is 4. The molecule has 3 aromatic rings. The van der Waals surface area contributed by atoms with Gasteiger partial charge in [-0.05, 0) is 55.9 Å². The van der Waals surface area contributed by atoms with Gasteiger partial charge in [0, 0.05) is 50.0 Å². The SMILES string of the molecule is Cc1cccc(C)c1N(CCCn1ccnc1)C(=O)CCCc1cccnc1. The predicted molar refractivity (Wildman–Crippen MR) is 112 cm³/mol. The maximum atomic E-state index is 13.1. The predicted octanol–water partition coefficient (Wildman–Crippen LogP) is 4.34. The van der Waals surface area contributed by atoms with Gasteiger partial charge in [-0.2, -0.15) is 0 Å². The molecule has 2 heterocycles. The lowest BCUT2D eigenvalue weighted by Gasteiger charge is -2.26. The molecule has 0 aliphatic carbocycles. The summed E-state index contributed by atoms with van der Waals surface area (Å²) >= 11 is 0. The standard InChI is InChI=1S/C23H28N4O/c1-19-7-3-8-20(2)23(19)27(15-6-14-26-16-13-25-18-26)22(28)11-4-9-21-10-5-12-24-17-21/h3,5,7-8,10,12-13,16-18H,4,6,9,11,14-15H2,1-2H3. The van der Waals surface area contributed by atoms with Crippen LogP contribution in [0.2, 0.25) is 0 Å². The van der Waals surface area contributed by atoms with Crippen LogP contribution in [-0.2, 0) is 17.8 Å². The molecule has 0 N–H and O–H groups in total. The van der Waals surface area contributed by atoms with Crippen molar-refractivity contribution in [1.82, 2.24) is 14.5 Å². The molecule has 5 heteroatoms. The highest BCUT2D eigenvalue weighted by atomic mass is 16.2. The first-order valence-electron chi connectivity index (χ1n) is 9.86. The van der Waals surface area contributed by atoms with Gasteiger partial charge in [-0.3, -0.25) is 9.78 Å². The Labute approximate surface area is 167 Å². The number of aryl methyl sites for hydroxylation is 4. The van der Waals surface area contributed by atoms with Crippen molar-refractivity contribution in [3.05, 3.63) is 78.1 Å². The number of aromatic nitrogens is 3. The lowest BCUT2D eigenvalue weighted by molar-refractivity contribution is -0.118. The molecular weight excluding hydrogens is 348 g/mol. The molecule has 5 nitrogen and oxygen atoms in total. The van der Waals surface area contributed by atoms with Crippen LogP contribution in [-0.4, -0.2) is 27.0 Å². The number of benzene rings is 1. The molecule has 0 unspecified atom stereocenters. The third-order valence-corrected chi connectivity index (χ3v) is 4.95. The minimum Gasteiger partial charge on any atom is -0.337 e. The van der Waals surface area contributed by atoms with Gasteiger partial charge in [0.05, 0.1) is 6.33 Å². The second-order valence-corrected chi connectivity index (χ2v) is 7.15. The molecule has 2 aromatic heterocycles. The van der Waals surface area contributed by atoms with Crippen LogP contribution >= 0.6 is 0 Å². The zero-order valence-corrected chi connectivity index (χ0v) is 16.7. The van der Waals surface area contributed by atoms with E-state index in [0.717, 1.165) is 42.6 Å².